The summed E-state index contributed by atoms with van der Waals surface area (Å²) in [7, 11) is 0. The van der Waals surface area contributed by atoms with Crippen LogP contribution in [0.5, 0.6) is 0 Å². The highest BCUT2D eigenvalue weighted by atomic mass is 35.5. The SMILES string of the molecule is CCC(=N)C(/C=C(\C)Cl)=C(/C)N. The fourth-order valence-corrected chi connectivity index (χ4v) is 0.937. The van der Waals surface area contributed by atoms with Crippen molar-refractivity contribution >= 4 is 17.3 Å². The highest BCUT2D eigenvalue weighted by Gasteiger charge is 2.02. The molecule has 0 saturated carbocycles. The molecule has 0 saturated heterocycles. The van der Waals surface area contributed by atoms with Crippen molar-refractivity contribution in [3.8, 4) is 0 Å². The molecule has 0 bridgehead atoms. The quantitative estimate of drug-likeness (QED) is 0.517. The Morgan fingerprint density at radius 1 is 1.50 bits per heavy atom. The van der Waals surface area contributed by atoms with E-state index >= 15 is 0 Å². The van der Waals surface area contributed by atoms with E-state index in [0.29, 0.717) is 22.9 Å². The van der Waals surface area contributed by atoms with Gasteiger partial charge in [0.05, 0.1) is 0 Å². The van der Waals surface area contributed by atoms with Gasteiger partial charge < -0.3 is 11.1 Å². The van der Waals surface area contributed by atoms with Crippen LogP contribution in [0.15, 0.2) is 22.4 Å². The van der Waals surface area contributed by atoms with Crippen molar-refractivity contribution in [2.45, 2.75) is 27.2 Å². The van der Waals surface area contributed by atoms with E-state index in [2.05, 4.69) is 0 Å². The molecule has 0 aromatic rings. The smallest absolute Gasteiger partial charge is 0.0401 e. The van der Waals surface area contributed by atoms with Gasteiger partial charge in [0.1, 0.15) is 0 Å². The number of nitrogens with two attached hydrogens (primary N) is 1. The summed E-state index contributed by atoms with van der Waals surface area (Å²) < 4.78 is 0. The summed E-state index contributed by atoms with van der Waals surface area (Å²) in [5, 5.41) is 8.22. The molecule has 0 unspecified atom stereocenters. The van der Waals surface area contributed by atoms with Gasteiger partial charge in [0, 0.05) is 22.0 Å². The molecule has 0 rings (SSSR count). The number of rotatable bonds is 3. The van der Waals surface area contributed by atoms with E-state index in [0.717, 1.165) is 5.57 Å². The third-order valence-corrected chi connectivity index (χ3v) is 1.56. The van der Waals surface area contributed by atoms with Crippen LogP contribution in [0, 0.1) is 5.41 Å². The van der Waals surface area contributed by atoms with Gasteiger partial charge in [0.25, 0.3) is 0 Å². The zero-order valence-electron chi connectivity index (χ0n) is 7.74. The topological polar surface area (TPSA) is 49.9 Å². The molecule has 0 amide bonds. The largest absolute Gasteiger partial charge is 0.402 e. The maximum absolute atomic E-state index is 7.58. The minimum atomic E-state index is 0.523. The van der Waals surface area contributed by atoms with Gasteiger partial charge in [-0.25, -0.2) is 0 Å². The number of hydrogen-bond acceptors (Lipinski definition) is 2. The molecular formula is C9H15ClN2. The van der Waals surface area contributed by atoms with Gasteiger partial charge in [0.15, 0.2) is 0 Å². The minimum absolute atomic E-state index is 0.523. The van der Waals surface area contributed by atoms with Crippen molar-refractivity contribution in [2.24, 2.45) is 5.73 Å². The standard InChI is InChI=1S/C9H15ClN2/c1-4-9(12)8(7(3)11)5-6(2)10/h5,12H,4,11H2,1-3H3/b6-5+,8-7-,12-9?. The lowest BCUT2D eigenvalue weighted by Gasteiger charge is -2.04. The van der Waals surface area contributed by atoms with E-state index in [4.69, 9.17) is 22.7 Å². The summed E-state index contributed by atoms with van der Waals surface area (Å²) in [4.78, 5) is 0. The Bertz CT molecular complexity index is 231. The highest BCUT2D eigenvalue weighted by Crippen LogP contribution is 2.11. The Hall–Kier alpha value is -0.760. The van der Waals surface area contributed by atoms with Crippen LogP contribution in [-0.4, -0.2) is 5.71 Å². The van der Waals surface area contributed by atoms with Gasteiger partial charge >= 0.3 is 0 Å². The molecule has 0 heterocycles. The van der Waals surface area contributed by atoms with Gasteiger partial charge in [0.2, 0.25) is 0 Å². The van der Waals surface area contributed by atoms with Crippen LogP contribution in [0.3, 0.4) is 0 Å². The fourth-order valence-electron chi connectivity index (χ4n) is 0.828. The molecule has 0 spiro atoms. The lowest BCUT2D eigenvalue weighted by molar-refractivity contribution is 1.20. The summed E-state index contributed by atoms with van der Waals surface area (Å²) in [6.07, 6.45) is 2.40. The first-order valence-corrected chi connectivity index (χ1v) is 4.24. The Morgan fingerprint density at radius 2 is 2.00 bits per heavy atom. The second-order valence-electron chi connectivity index (χ2n) is 2.66. The zero-order valence-corrected chi connectivity index (χ0v) is 8.50. The fraction of sp³-hybridized carbons (Fsp3) is 0.444. The average molecular weight is 187 g/mol. The summed E-state index contributed by atoms with van der Waals surface area (Å²) in [5.41, 5.74) is 7.50. The summed E-state index contributed by atoms with van der Waals surface area (Å²) in [5.74, 6) is 0. The molecule has 3 N–H and O–H groups in total. The van der Waals surface area contributed by atoms with Gasteiger partial charge in [-0.05, 0) is 26.3 Å². The number of halogens is 1. The molecule has 0 fully saturated rings. The molecule has 12 heavy (non-hydrogen) atoms. The van der Waals surface area contributed by atoms with Crippen LogP contribution in [0.25, 0.3) is 0 Å². The Balaban J connectivity index is 4.84. The normalized spacial score (nSPS) is 14.2. The molecule has 0 radical (unpaired) electrons. The van der Waals surface area contributed by atoms with Crippen molar-refractivity contribution in [3.63, 3.8) is 0 Å². The average Bonchev–Trinajstić information content (AvgIpc) is 1.98. The molecule has 0 atom stereocenters. The Labute approximate surface area is 78.6 Å². The molecule has 68 valence electrons. The van der Waals surface area contributed by atoms with Crippen molar-refractivity contribution in [2.75, 3.05) is 0 Å². The maximum Gasteiger partial charge on any atom is 0.0401 e. The lowest BCUT2D eigenvalue weighted by Crippen LogP contribution is -2.05. The van der Waals surface area contributed by atoms with Crippen LogP contribution in [0.2, 0.25) is 0 Å². The predicted octanol–water partition coefficient (Wildman–Crippen LogP) is 2.79. The highest BCUT2D eigenvalue weighted by molar-refractivity contribution is 6.29. The molecule has 0 aliphatic carbocycles. The van der Waals surface area contributed by atoms with E-state index in [1.165, 1.54) is 0 Å². The number of nitrogens with one attached hydrogen (secondary N) is 1. The second-order valence-corrected chi connectivity index (χ2v) is 3.26. The van der Waals surface area contributed by atoms with Gasteiger partial charge in [-0.3, -0.25) is 0 Å². The van der Waals surface area contributed by atoms with Crippen molar-refractivity contribution in [1.82, 2.24) is 0 Å². The van der Waals surface area contributed by atoms with Crippen LogP contribution >= 0.6 is 11.6 Å². The molecule has 3 heteroatoms. The van der Waals surface area contributed by atoms with Crippen molar-refractivity contribution < 1.29 is 0 Å². The predicted molar refractivity (Wildman–Crippen MR) is 54.5 cm³/mol. The van der Waals surface area contributed by atoms with E-state index < -0.39 is 0 Å². The Kier molecular flexibility index (Phi) is 4.67. The van der Waals surface area contributed by atoms with Gasteiger partial charge in [-0.2, -0.15) is 0 Å². The minimum Gasteiger partial charge on any atom is -0.402 e. The first-order valence-electron chi connectivity index (χ1n) is 3.87. The lowest BCUT2D eigenvalue weighted by atomic mass is 10.1. The van der Waals surface area contributed by atoms with Crippen LogP contribution in [0.1, 0.15) is 27.2 Å². The van der Waals surface area contributed by atoms with Crippen LogP contribution in [0.4, 0.5) is 0 Å². The zero-order chi connectivity index (χ0) is 9.72. The van der Waals surface area contributed by atoms with E-state index in [9.17, 15) is 0 Å². The summed E-state index contributed by atoms with van der Waals surface area (Å²) in [6.45, 7) is 5.46. The molecular weight excluding hydrogens is 172 g/mol. The second kappa shape index (κ2) is 4.99. The molecule has 0 aliphatic rings. The maximum atomic E-state index is 7.58. The third-order valence-electron chi connectivity index (χ3n) is 1.45. The monoisotopic (exact) mass is 186 g/mol. The van der Waals surface area contributed by atoms with Gasteiger partial charge in [-0.1, -0.05) is 18.5 Å². The summed E-state index contributed by atoms with van der Waals surface area (Å²) >= 11 is 5.69. The molecule has 2 nitrogen and oxygen atoms in total. The third kappa shape index (κ3) is 3.58. The van der Waals surface area contributed by atoms with Crippen molar-refractivity contribution in [3.05, 3.63) is 22.4 Å². The first-order chi connectivity index (χ1) is 5.49. The molecule has 0 aromatic heterocycles. The Morgan fingerprint density at radius 3 is 2.25 bits per heavy atom. The van der Waals surface area contributed by atoms with Gasteiger partial charge in [-0.15, -0.1) is 0 Å². The van der Waals surface area contributed by atoms with E-state index in [-0.39, 0.29) is 0 Å². The van der Waals surface area contributed by atoms with E-state index in [1.54, 1.807) is 19.9 Å². The number of hydrogen-bond donors (Lipinski definition) is 2. The summed E-state index contributed by atoms with van der Waals surface area (Å²) in [6, 6.07) is 0. The van der Waals surface area contributed by atoms with E-state index in [1.807, 2.05) is 6.92 Å². The van der Waals surface area contributed by atoms with Crippen molar-refractivity contribution in [1.29, 1.82) is 5.41 Å². The molecule has 0 aliphatic heterocycles. The molecule has 0 aromatic carbocycles. The number of allylic oxidation sites excluding steroid dienone is 4. The first kappa shape index (κ1) is 11.2. The van der Waals surface area contributed by atoms with Crippen LogP contribution < -0.4 is 5.73 Å². The van der Waals surface area contributed by atoms with Crippen LogP contribution in [-0.2, 0) is 0 Å².